The number of hydrogen-bond acceptors (Lipinski definition) is 3. The maximum absolute atomic E-state index is 13.4. The van der Waals surface area contributed by atoms with Crippen molar-refractivity contribution in [2.24, 2.45) is 11.7 Å². The summed E-state index contributed by atoms with van der Waals surface area (Å²) in [6.45, 7) is 2.26. The van der Waals surface area contributed by atoms with E-state index in [9.17, 15) is 9.18 Å². The molecule has 4 nitrogen and oxygen atoms in total. The Balaban J connectivity index is 0.00000162. The van der Waals surface area contributed by atoms with Crippen molar-refractivity contribution in [1.29, 1.82) is 0 Å². The molecule has 0 bridgehead atoms. The first-order valence-electron chi connectivity index (χ1n) is 5.69. The molecule has 1 fully saturated rings. The van der Waals surface area contributed by atoms with Gasteiger partial charge in [-0.25, -0.2) is 4.39 Å². The average molecular weight is 310 g/mol. The predicted octanol–water partition coefficient (Wildman–Crippen LogP) is 1.92. The highest BCUT2D eigenvalue weighted by Gasteiger charge is 2.41. The van der Waals surface area contributed by atoms with Crippen molar-refractivity contribution in [2.45, 2.75) is 25.3 Å². The minimum Gasteiger partial charge on any atom is -0.345 e. The zero-order valence-corrected chi connectivity index (χ0v) is 12.2. The largest absolute Gasteiger partial charge is 0.345 e. The van der Waals surface area contributed by atoms with Crippen LogP contribution in [-0.4, -0.2) is 23.0 Å². The summed E-state index contributed by atoms with van der Waals surface area (Å²) in [7, 11) is 0. The third-order valence-electron chi connectivity index (χ3n) is 3.32. The van der Waals surface area contributed by atoms with Crippen molar-refractivity contribution in [3.63, 3.8) is 0 Å². The zero-order valence-electron chi connectivity index (χ0n) is 10.6. The standard InChI is InChI=1S/C12H16FN3O.2ClH/c1-12(7-14,8-2-3-8)16-11(17)9-4-5-15-6-10(9)13;;/h4-6,8H,2-3,7,14H2,1H3,(H,16,17);2*1H. The van der Waals surface area contributed by atoms with Gasteiger partial charge in [0.05, 0.1) is 17.3 Å². The summed E-state index contributed by atoms with van der Waals surface area (Å²) >= 11 is 0. The number of hydrogen-bond donors (Lipinski definition) is 2. The Hall–Kier alpha value is -0.910. The normalized spacial score (nSPS) is 16.6. The summed E-state index contributed by atoms with van der Waals surface area (Å²) in [4.78, 5) is 15.5. The molecule has 0 radical (unpaired) electrons. The van der Waals surface area contributed by atoms with Crippen LogP contribution in [0.4, 0.5) is 4.39 Å². The molecule has 1 heterocycles. The molecule has 1 aliphatic rings. The van der Waals surface area contributed by atoms with Gasteiger partial charge in [-0.1, -0.05) is 0 Å². The van der Waals surface area contributed by atoms with E-state index in [1.807, 2.05) is 6.92 Å². The van der Waals surface area contributed by atoms with Crippen molar-refractivity contribution in [3.05, 3.63) is 29.8 Å². The SMILES string of the molecule is CC(CN)(NC(=O)c1ccncc1F)C1CC1.Cl.Cl. The van der Waals surface area contributed by atoms with Crippen LogP contribution in [0.3, 0.4) is 0 Å². The number of nitrogens with two attached hydrogens (primary N) is 1. The number of amides is 1. The van der Waals surface area contributed by atoms with Gasteiger partial charge >= 0.3 is 0 Å². The Kier molecular flexibility index (Phi) is 6.69. The highest BCUT2D eigenvalue weighted by Crippen LogP contribution is 2.39. The number of halogens is 3. The lowest BCUT2D eigenvalue weighted by atomic mass is 9.95. The second kappa shape index (κ2) is 7.03. The molecular formula is C12H18Cl2FN3O. The molecule has 1 aromatic rings. The Morgan fingerprint density at radius 1 is 1.58 bits per heavy atom. The molecule has 108 valence electrons. The summed E-state index contributed by atoms with van der Waals surface area (Å²) in [5, 5.41) is 2.83. The van der Waals surface area contributed by atoms with E-state index in [1.54, 1.807) is 0 Å². The molecule has 0 spiro atoms. The van der Waals surface area contributed by atoms with E-state index in [4.69, 9.17) is 5.73 Å². The number of pyridine rings is 1. The van der Waals surface area contributed by atoms with Crippen LogP contribution in [0, 0.1) is 11.7 Å². The molecule has 1 atom stereocenters. The highest BCUT2D eigenvalue weighted by molar-refractivity contribution is 5.94. The first-order valence-corrected chi connectivity index (χ1v) is 5.69. The van der Waals surface area contributed by atoms with Crippen LogP contribution in [0.15, 0.2) is 18.5 Å². The maximum Gasteiger partial charge on any atom is 0.254 e. The van der Waals surface area contributed by atoms with Gasteiger partial charge < -0.3 is 11.1 Å². The van der Waals surface area contributed by atoms with Gasteiger partial charge in [-0.05, 0) is 31.7 Å². The third-order valence-corrected chi connectivity index (χ3v) is 3.32. The molecule has 1 saturated carbocycles. The molecule has 0 saturated heterocycles. The lowest BCUT2D eigenvalue weighted by molar-refractivity contribution is 0.0893. The molecule has 1 aromatic heterocycles. The average Bonchev–Trinajstić information content (AvgIpc) is 3.13. The van der Waals surface area contributed by atoms with E-state index < -0.39 is 17.3 Å². The van der Waals surface area contributed by atoms with Crippen molar-refractivity contribution in [1.82, 2.24) is 10.3 Å². The van der Waals surface area contributed by atoms with Crippen LogP contribution in [0.5, 0.6) is 0 Å². The molecule has 19 heavy (non-hydrogen) atoms. The van der Waals surface area contributed by atoms with E-state index in [1.165, 1.54) is 12.3 Å². The first-order chi connectivity index (χ1) is 8.07. The monoisotopic (exact) mass is 309 g/mol. The van der Waals surface area contributed by atoms with Crippen molar-refractivity contribution in [2.75, 3.05) is 6.54 Å². The van der Waals surface area contributed by atoms with Crippen LogP contribution in [-0.2, 0) is 0 Å². The van der Waals surface area contributed by atoms with E-state index in [0.29, 0.717) is 12.5 Å². The number of nitrogens with zero attached hydrogens (tertiary/aromatic N) is 1. The van der Waals surface area contributed by atoms with Gasteiger partial charge in [-0.15, -0.1) is 24.8 Å². The second-order valence-corrected chi connectivity index (χ2v) is 4.71. The van der Waals surface area contributed by atoms with Crippen LogP contribution >= 0.6 is 24.8 Å². The molecule has 1 unspecified atom stereocenters. The lowest BCUT2D eigenvalue weighted by Crippen LogP contribution is -2.53. The van der Waals surface area contributed by atoms with Crippen LogP contribution < -0.4 is 11.1 Å². The molecule has 0 aromatic carbocycles. The maximum atomic E-state index is 13.4. The number of carbonyl (C=O) groups excluding carboxylic acids is 1. The molecule has 3 N–H and O–H groups in total. The molecular weight excluding hydrogens is 292 g/mol. The zero-order chi connectivity index (χ0) is 12.5. The number of rotatable bonds is 4. The van der Waals surface area contributed by atoms with E-state index >= 15 is 0 Å². The topological polar surface area (TPSA) is 68.0 Å². The predicted molar refractivity (Wildman–Crippen MR) is 76.3 cm³/mol. The third kappa shape index (κ3) is 4.03. The summed E-state index contributed by atoms with van der Waals surface area (Å²) in [6.07, 6.45) is 4.56. The summed E-state index contributed by atoms with van der Waals surface area (Å²) in [6, 6.07) is 1.37. The van der Waals surface area contributed by atoms with Crippen molar-refractivity contribution in [3.8, 4) is 0 Å². The summed E-state index contributed by atoms with van der Waals surface area (Å²) in [5.41, 5.74) is 5.27. The Morgan fingerprint density at radius 3 is 2.68 bits per heavy atom. The molecule has 1 amide bonds. The van der Waals surface area contributed by atoms with Gasteiger partial charge in [0.15, 0.2) is 5.82 Å². The van der Waals surface area contributed by atoms with Gasteiger partial charge in [-0.2, -0.15) is 0 Å². The Bertz CT molecular complexity index is 443. The van der Waals surface area contributed by atoms with Gasteiger partial charge in [0.25, 0.3) is 5.91 Å². The van der Waals surface area contributed by atoms with Crippen LogP contribution in [0.2, 0.25) is 0 Å². The van der Waals surface area contributed by atoms with Gasteiger partial charge in [0.1, 0.15) is 0 Å². The number of aromatic nitrogens is 1. The fourth-order valence-electron chi connectivity index (χ4n) is 1.93. The minimum atomic E-state index is -0.611. The quantitative estimate of drug-likeness (QED) is 0.893. The lowest BCUT2D eigenvalue weighted by Gasteiger charge is -2.29. The van der Waals surface area contributed by atoms with Gasteiger partial charge in [0, 0.05) is 12.7 Å². The minimum absolute atomic E-state index is 0. The molecule has 0 aliphatic heterocycles. The van der Waals surface area contributed by atoms with E-state index in [-0.39, 0.29) is 30.4 Å². The van der Waals surface area contributed by atoms with Crippen molar-refractivity contribution >= 4 is 30.7 Å². The Morgan fingerprint density at radius 2 is 2.21 bits per heavy atom. The van der Waals surface area contributed by atoms with Crippen molar-refractivity contribution < 1.29 is 9.18 Å². The van der Waals surface area contributed by atoms with Gasteiger partial charge in [-0.3, -0.25) is 9.78 Å². The number of nitrogens with one attached hydrogen (secondary N) is 1. The number of carbonyl (C=O) groups is 1. The fourth-order valence-corrected chi connectivity index (χ4v) is 1.93. The van der Waals surface area contributed by atoms with Gasteiger partial charge in [0.2, 0.25) is 0 Å². The van der Waals surface area contributed by atoms with E-state index in [2.05, 4.69) is 10.3 Å². The first kappa shape index (κ1) is 18.1. The van der Waals surface area contributed by atoms with E-state index in [0.717, 1.165) is 19.0 Å². The summed E-state index contributed by atoms with van der Waals surface area (Å²) < 4.78 is 13.4. The molecule has 1 aliphatic carbocycles. The second-order valence-electron chi connectivity index (χ2n) is 4.71. The smallest absolute Gasteiger partial charge is 0.254 e. The Labute approximate surface area is 124 Å². The molecule has 7 heteroatoms. The highest BCUT2D eigenvalue weighted by atomic mass is 35.5. The van der Waals surface area contributed by atoms with Crippen LogP contribution in [0.1, 0.15) is 30.1 Å². The molecule has 2 rings (SSSR count). The fraction of sp³-hybridized carbons (Fsp3) is 0.500. The van der Waals surface area contributed by atoms with Crippen LogP contribution in [0.25, 0.3) is 0 Å². The summed E-state index contributed by atoms with van der Waals surface area (Å²) in [5.74, 6) is -0.633.